The van der Waals surface area contributed by atoms with Crippen molar-refractivity contribution in [1.29, 1.82) is 0 Å². The van der Waals surface area contributed by atoms with Crippen LogP contribution >= 0.6 is 0 Å². The largest absolute Gasteiger partial charge is 0.496 e. The molecule has 3 aromatic rings. The van der Waals surface area contributed by atoms with Gasteiger partial charge in [-0.25, -0.2) is 4.79 Å². The maximum Gasteiger partial charge on any atom is 0.323 e. The number of H-pyrrole nitrogens is 2. The van der Waals surface area contributed by atoms with Crippen molar-refractivity contribution in [3.8, 4) is 5.75 Å². The van der Waals surface area contributed by atoms with Crippen molar-refractivity contribution in [1.82, 2.24) is 9.97 Å². The van der Waals surface area contributed by atoms with Crippen molar-refractivity contribution < 1.29 is 9.53 Å². The van der Waals surface area contributed by atoms with Crippen LogP contribution in [0.3, 0.4) is 0 Å². The molecule has 6 nitrogen and oxygen atoms in total. The number of para-hydroxylation sites is 1. The second-order valence-electron chi connectivity index (χ2n) is 4.90. The first kappa shape index (κ1) is 14.6. The number of nitrogens with one attached hydrogen (secondary N) is 3. The zero-order valence-electron chi connectivity index (χ0n) is 12.4. The Balaban J connectivity index is 1.75. The molecule has 6 heteroatoms. The number of aromatic nitrogens is 2. The second-order valence-corrected chi connectivity index (χ2v) is 4.90. The minimum atomic E-state index is -0.278. The first-order valence-electron chi connectivity index (χ1n) is 7.00. The molecular weight excluding hydrogens is 294 g/mol. The summed E-state index contributed by atoms with van der Waals surface area (Å²) in [6.07, 6.45) is 3.12. The fraction of sp³-hybridized carbons (Fsp3) is 0.0588. The molecule has 0 bridgehead atoms. The number of aromatic amines is 2. The van der Waals surface area contributed by atoms with Gasteiger partial charge in [-0.15, -0.1) is 0 Å². The van der Waals surface area contributed by atoms with E-state index in [0.29, 0.717) is 22.5 Å². The summed E-state index contributed by atoms with van der Waals surface area (Å²) in [4.78, 5) is 28.5. The number of imidazole rings is 1. The van der Waals surface area contributed by atoms with Gasteiger partial charge in [0.25, 0.3) is 0 Å². The Labute approximate surface area is 131 Å². The first-order valence-corrected chi connectivity index (χ1v) is 7.00. The van der Waals surface area contributed by atoms with Crippen LogP contribution in [0.15, 0.2) is 53.3 Å². The number of benzene rings is 2. The van der Waals surface area contributed by atoms with Gasteiger partial charge in [0.2, 0.25) is 5.91 Å². The van der Waals surface area contributed by atoms with Gasteiger partial charge in [-0.3, -0.25) is 4.79 Å². The zero-order valence-corrected chi connectivity index (χ0v) is 12.4. The average molecular weight is 309 g/mol. The molecule has 0 aliphatic heterocycles. The highest BCUT2D eigenvalue weighted by Crippen LogP contribution is 2.19. The maximum absolute atomic E-state index is 12.0. The summed E-state index contributed by atoms with van der Waals surface area (Å²) in [6.45, 7) is 0. The highest BCUT2D eigenvalue weighted by atomic mass is 16.5. The molecule has 0 aliphatic rings. The topological polar surface area (TPSA) is 87.0 Å². The van der Waals surface area contributed by atoms with Gasteiger partial charge in [0.1, 0.15) is 5.75 Å². The van der Waals surface area contributed by atoms with Gasteiger partial charge in [0, 0.05) is 17.3 Å². The quantitative estimate of drug-likeness (QED) is 0.647. The summed E-state index contributed by atoms with van der Waals surface area (Å²) < 4.78 is 5.23. The van der Waals surface area contributed by atoms with Crippen molar-refractivity contribution in [3.63, 3.8) is 0 Å². The Hall–Kier alpha value is -3.28. The number of ether oxygens (including phenoxy) is 1. The Morgan fingerprint density at radius 1 is 1.13 bits per heavy atom. The molecule has 1 heterocycles. The molecule has 0 radical (unpaired) electrons. The summed E-state index contributed by atoms with van der Waals surface area (Å²) in [5.41, 5.74) is 2.47. The first-order chi connectivity index (χ1) is 11.2. The highest BCUT2D eigenvalue weighted by Gasteiger charge is 2.03. The Kier molecular flexibility index (Phi) is 3.97. The predicted molar refractivity (Wildman–Crippen MR) is 89.6 cm³/mol. The molecule has 2 aromatic carbocycles. The number of anilines is 1. The van der Waals surface area contributed by atoms with Crippen LogP contribution in [0.25, 0.3) is 17.1 Å². The van der Waals surface area contributed by atoms with Gasteiger partial charge in [-0.05, 0) is 30.3 Å². The molecule has 1 aromatic heterocycles. The molecular formula is C17H15N3O3. The SMILES string of the molecule is COc1ccccc1/C=C/C(=O)Nc1ccc2[nH]c(=O)[nH]c2c1. The van der Waals surface area contributed by atoms with Crippen molar-refractivity contribution in [2.45, 2.75) is 0 Å². The number of carbonyl (C=O) groups excluding carboxylic acids is 1. The van der Waals surface area contributed by atoms with E-state index < -0.39 is 0 Å². The highest BCUT2D eigenvalue weighted by molar-refractivity contribution is 6.02. The van der Waals surface area contributed by atoms with Crippen LogP contribution < -0.4 is 15.7 Å². The Morgan fingerprint density at radius 2 is 1.91 bits per heavy atom. The standard InChI is InChI=1S/C17H15N3O3/c1-23-15-5-3-2-4-11(15)6-9-16(21)18-12-7-8-13-14(10-12)20-17(22)19-13/h2-10H,1H3,(H,18,21)(H2,19,20,22)/b9-6+. The average Bonchev–Trinajstić information content (AvgIpc) is 2.92. The third-order valence-electron chi connectivity index (χ3n) is 3.34. The van der Waals surface area contributed by atoms with Crippen LogP contribution in [-0.4, -0.2) is 23.0 Å². The molecule has 3 N–H and O–H groups in total. The number of amides is 1. The zero-order chi connectivity index (χ0) is 16.2. The van der Waals surface area contributed by atoms with Gasteiger partial charge < -0.3 is 20.0 Å². The van der Waals surface area contributed by atoms with Crippen LogP contribution in [0.2, 0.25) is 0 Å². The lowest BCUT2D eigenvalue weighted by Crippen LogP contribution is -2.07. The summed E-state index contributed by atoms with van der Waals surface area (Å²) in [5.74, 6) is 0.427. The molecule has 3 rings (SSSR count). The molecule has 1 amide bonds. The van der Waals surface area contributed by atoms with E-state index >= 15 is 0 Å². The molecule has 0 atom stereocenters. The van der Waals surface area contributed by atoms with Crippen LogP contribution in [0, 0.1) is 0 Å². The monoisotopic (exact) mass is 309 g/mol. The van der Waals surface area contributed by atoms with E-state index in [4.69, 9.17) is 4.74 Å². The van der Waals surface area contributed by atoms with E-state index in [0.717, 1.165) is 5.56 Å². The van der Waals surface area contributed by atoms with Crippen LogP contribution in [0.1, 0.15) is 5.56 Å². The Bertz CT molecular complexity index is 937. The van der Waals surface area contributed by atoms with E-state index in [1.165, 1.54) is 6.08 Å². The van der Waals surface area contributed by atoms with E-state index in [2.05, 4.69) is 15.3 Å². The fourth-order valence-electron chi connectivity index (χ4n) is 2.26. The summed E-state index contributed by atoms with van der Waals surface area (Å²) in [6, 6.07) is 12.6. The third-order valence-corrected chi connectivity index (χ3v) is 3.34. The summed E-state index contributed by atoms with van der Waals surface area (Å²) in [7, 11) is 1.58. The minimum absolute atomic E-state index is 0.270. The Morgan fingerprint density at radius 3 is 2.74 bits per heavy atom. The fourth-order valence-corrected chi connectivity index (χ4v) is 2.26. The van der Waals surface area contributed by atoms with Gasteiger partial charge in [0.05, 0.1) is 18.1 Å². The van der Waals surface area contributed by atoms with Crippen molar-refractivity contribution in [2.75, 3.05) is 12.4 Å². The normalized spacial score (nSPS) is 11.0. The molecule has 0 unspecified atom stereocenters. The number of hydrogen-bond acceptors (Lipinski definition) is 3. The number of hydrogen-bond donors (Lipinski definition) is 3. The van der Waals surface area contributed by atoms with E-state index in [9.17, 15) is 9.59 Å². The van der Waals surface area contributed by atoms with Gasteiger partial charge in [0.15, 0.2) is 0 Å². The number of carbonyl (C=O) groups is 1. The number of methoxy groups -OCH3 is 1. The summed E-state index contributed by atoms with van der Waals surface area (Å²) >= 11 is 0. The third kappa shape index (κ3) is 3.32. The maximum atomic E-state index is 12.0. The molecule has 0 fully saturated rings. The van der Waals surface area contributed by atoms with Crippen LogP contribution in [-0.2, 0) is 4.79 Å². The summed E-state index contributed by atoms with van der Waals surface area (Å²) in [5, 5.41) is 2.75. The predicted octanol–water partition coefficient (Wildman–Crippen LogP) is 2.52. The lowest BCUT2D eigenvalue weighted by molar-refractivity contribution is -0.111. The smallest absolute Gasteiger partial charge is 0.323 e. The molecule has 0 spiro atoms. The van der Waals surface area contributed by atoms with Crippen LogP contribution in [0.4, 0.5) is 5.69 Å². The number of fused-ring (bicyclic) bond motifs is 1. The second kappa shape index (κ2) is 6.23. The molecule has 0 aliphatic carbocycles. The minimum Gasteiger partial charge on any atom is -0.496 e. The lowest BCUT2D eigenvalue weighted by Gasteiger charge is -2.04. The van der Waals surface area contributed by atoms with E-state index in [1.807, 2.05) is 24.3 Å². The van der Waals surface area contributed by atoms with Crippen LogP contribution in [0.5, 0.6) is 5.75 Å². The molecule has 0 saturated heterocycles. The van der Waals surface area contributed by atoms with Gasteiger partial charge in [-0.1, -0.05) is 18.2 Å². The molecule has 116 valence electrons. The van der Waals surface area contributed by atoms with Crippen molar-refractivity contribution >= 4 is 28.7 Å². The molecule has 0 saturated carbocycles. The molecule has 23 heavy (non-hydrogen) atoms. The number of rotatable bonds is 4. The van der Waals surface area contributed by atoms with E-state index in [1.54, 1.807) is 31.4 Å². The van der Waals surface area contributed by atoms with Gasteiger partial charge in [-0.2, -0.15) is 0 Å². The lowest BCUT2D eigenvalue weighted by atomic mass is 10.2. The van der Waals surface area contributed by atoms with Gasteiger partial charge >= 0.3 is 5.69 Å². The van der Waals surface area contributed by atoms with E-state index in [-0.39, 0.29) is 11.6 Å². The van der Waals surface area contributed by atoms with Crippen molar-refractivity contribution in [2.24, 2.45) is 0 Å². The van der Waals surface area contributed by atoms with Crippen molar-refractivity contribution in [3.05, 3.63) is 64.6 Å².